The van der Waals surface area contributed by atoms with E-state index < -0.39 is 5.82 Å². The Morgan fingerprint density at radius 2 is 1.98 bits per heavy atom. The van der Waals surface area contributed by atoms with E-state index in [1.165, 1.54) is 31.2 Å². The van der Waals surface area contributed by atoms with Crippen molar-refractivity contribution in [1.82, 2.24) is 39.9 Å². The number of halogens is 1. The van der Waals surface area contributed by atoms with Crippen molar-refractivity contribution in [2.24, 2.45) is 0 Å². The highest BCUT2D eigenvalue weighted by Gasteiger charge is 2.27. The molecule has 12 heteroatoms. The van der Waals surface area contributed by atoms with Crippen LogP contribution in [0.2, 0.25) is 0 Å². The topological polar surface area (TPSA) is 139 Å². The van der Waals surface area contributed by atoms with E-state index in [1.54, 1.807) is 11.1 Å². The summed E-state index contributed by atoms with van der Waals surface area (Å²) < 4.78 is 14.2. The van der Waals surface area contributed by atoms with E-state index in [4.69, 9.17) is 4.98 Å². The molecule has 44 heavy (non-hydrogen) atoms. The molecule has 4 N–H and O–H groups in total. The molecule has 1 amide bonds. The Bertz CT molecular complexity index is 1830. The molecule has 0 saturated carbocycles. The van der Waals surface area contributed by atoms with E-state index in [2.05, 4.69) is 35.4 Å². The third-order valence-corrected chi connectivity index (χ3v) is 8.58. The minimum atomic E-state index is -0.652. The SMILES string of the molecule is CCc1cc(O)c(F)cc1-c1ccc2c(-c3nc4c([nH]3)CCN(C(=O)c3cnc(NCCN5CCCC5)cn3)C4)n[nH]c2c1. The van der Waals surface area contributed by atoms with Gasteiger partial charge in [0, 0.05) is 37.1 Å². The second kappa shape index (κ2) is 11.7. The number of phenols is 1. The lowest BCUT2D eigenvalue weighted by Crippen LogP contribution is -2.36. The zero-order valence-electron chi connectivity index (χ0n) is 24.5. The Morgan fingerprint density at radius 1 is 1.11 bits per heavy atom. The molecular weight excluding hydrogens is 561 g/mol. The lowest BCUT2D eigenvalue weighted by atomic mass is 9.96. The number of aromatic hydroxyl groups is 1. The average molecular weight is 596 g/mol. The van der Waals surface area contributed by atoms with Gasteiger partial charge in [-0.15, -0.1) is 0 Å². The largest absolute Gasteiger partial charge is 0.505 e. The lowest BCUT2D eigenvalue weighted by Gasteiger charge is -2.25. The predicted octanol–water partition coefficient (Wildman–Crippen LogP) is 4.52. The quantitative estimate of drug-likeness (QED) is 0.205. The fourth-order valence-electron chi connectivity index (χ4n) is 6.15. The number of carbonyl (C=O) groups is 1. The third kappa shape index (κ3) is 5.37. The lowest BCUT2D eigenvalue weighted by molar-refractivity contribution is 0.0725. The number of amides is 1. The molecule has 1 fully saturated rings. The fourth-order valence-corrected chi connectivity index (χ4v) is 6.15. The summed E-state index contributed by atoms with van der Waals surface area (Å²) in [4.78, 5) is 34.4. The normalized spacial score (nSPS) is 15.2. The monoisotopic (exact) mass is 595 g/mol. The molecule has 0 spiro atoms. The molecule has 1 saturated heterocycles. The van der Waals surface area contributed by atoms with Crippen molar-refractivity contribution in [3.63, 3.8) is 0 Å². The van der Waals surface area contributed by atoms with E-state index in [0.29, 0.717) is 49.0 Å². The first kappa shape index (κ1) is 28.0. The van der Waals surface area contributed by atoms with Crippen LogP contribution in [0.3, 0.4) is 0 Å². The molecule has 2 aliphatic heterocycles. The number of likely N-dealkylation sites (tertiary alicyclic amines) is 1. The van der Waals surface area contributed by atoms with Gasteiger partial charge < -0.3 is 25.2 Å². The van der Waals surface area contributed by atoms with Crippen LogP contribution in [0.25, 0.3) is 33.5 Å². The standard InChI is InChI=1S/C32H34FN9O2/c1-2-19-14-28(43)23(33)15-22(19)20-5-6-21-25(13-20)39-40-30(21)31-37-24-7-11-42(18-27(24)38-31)32(44)26-16-36-29(17-35-26)34-8-12-41-9-3-4-10-41/h5-6,13-17,43H,2-4,7-12,18H2,1H3,(H,34,36)(H,37,38)(H,39,40). The number of aromatic nitrogens is 6. The van der Waals surface area contributed by atoms with Crippen LogP contribution < -0.4 is 5.32 Å². The number of fused-ring (bicyclic) bond motifs is 2. The molecule has 5 aromatic rings. The van der Waals surface area contributed by atoms with Crippen molar-refractivity contribution >= 4 is 22.6 Å². The van der Waals surface area contributed by atoms with Crippen LogP contribution in [0, 0.1) is 5.82 Å². The van der Waals surface area contributed by atoms with Crippen molar-refractivity contribution in [3.05, 3.63) is 71.2 Å². The maximum Gasteiger partial charge on any atom is 0.274 e. The Hall–Kier alpha value is -4.84. The van der Waals surface area contributed by atoms with Crippen LogP contribution >= 0.6 is 0 Å². The Morgan fingerprint density at radius 3 is 2.77 bits per heavy atom. The molecule has 0 radical (unpaired) electrons. The van der Waals surface area contributed by atoms with Gasteiger partial charge in [0.1, 0.15) is 17.2 Å². The van der Waals surface area contributed by atoms with Crippen LogP contribution in [0.1, 0.15) is 47.2 Å². The Labute approximate surface area is 253 Å². The summed E-state index contributed by atoms with van der Waals surface area (Å²) in [5, 5.41) is 21.6. The summed E-state index contributed by atoms with van der Waals surface area (Å²) in [6.07, 6.45) is 6.97. The van der Waals surface area contributed by atoms with Crippen molar-refractivity contribution in [2.45, 2.75) is 39.2 Å². The summed E-state index contributed by atoms with van der Waals surface area (Å²) in [5.41, 5.74) is 5.95. The van der Waals surface area contributed by atoms with E-state index in [-0.39, 0.29) is 11.7 Å². The van der Waals surface area contributed by atoms with Gasteiger partial charge in [0.2, 0.25) is 0 Å². The van der Waals surface area contributed by atoms with Crippen LogP contribution in [0.15, 0.2) is 42.7 Å². The first-order chi connectivity index (χ1) is 21.5. The zero-order chi connectivity index (χ0) is 30.2. The van der Waals surface area contributed by atoms with Gasteiger partial charge in [0.05, 0.1) is 30.1 Å². The first-order valence-electron chi connectivity index (χ1n) is 15.1. The van der Waals surface area contributed by atoms with E-state index in [0.717, 1.165) is 65.2 Å². The summed E-state index contributed by atoms with van der Waals surface area (Å²) in [7, 11) is 0. The van der Waals surface area contributed by atoms with E-state index in [1.807, 2.05) is 25.1 Å². The number of phenolic OH excluding ortho intramolecular Hbond substituents is 1. The van der Waals surface area contributed by atoms with E-state index in [9.17, 15) is 14.3 Å². The van der Waals surface area contributed by atoms with Crippen molar-refractivity contribution in [2.75, 3.05) is 38.0 Å². The highest BCUT2D eigenvalue weighted by Crippen LogP contribution is 2.34. The molecule has 3 aromatic heterocycles. The van der Waals surface area contributed by atoms with Gasteiger partial charge in [-0.25, -0.2) is 19.3 Å². The molecule has 2 aromatic carbocycles. The number of H-pyrrole nitrogens is 2. The molecular formula is C32H34FN9O2. The number of aryl methyl sites for hydroxylation is 1. The Balaban J connectivity index is 1.04. The molecule has 11 nitrogen and oxygen atoms in total. The molecule has 0 aliphatic carbocycles. The van der Waals surface area contributed by atoms with Gasteiger partial charge in [0.25, 0.3) is 5.91 Å². The van der Waals surface area contributed by atoms with Gasteiger partial charge in [-0.05, 0) is 73.3 Å². The maximum atomic E-state index is 14.2. The number of aromatic amines is 2. The fraction of sp³-hybridized carbons (Fsp3) is 0.344. The summed E-state index contributed by atoms with van der Waals surface area (Å²) in [5.74, 6) is 0.112. The Kier molecular flexibility index (Phi) is 7.42. The van der Waals surface area contributed by atoms with Crippen LogP contribution in [0.4, 0.5) is 10.2 Å². The van der Waals surface area contributed by atoms with Gasteiger partial charge in [-0.3, -0.25) is 9.89 Å². The van der Waals surface area contributed by atoms with E-state index >= 15 is 0 Å². The summed E-state index contributed by atoms with van der Waals surface area (Å²) in [6.45, 7) is 6.94. The molecule has 0 atom stereocenters. The molecule has 0 unspecified atom stereocenters. The maximum absolute atomic E-state index is 14.2. The molecule has 7 rings (SSSR count). The minimum Gasteiger partial charge on any atom is -0.505 e. The van der Waals surface area contributed by atoms with Gasteiger partial charge in [-0.2, -0.15) is 5.10 Å². The average Bonchev–Trinajstić information content (AvgIpc) is 3.81. The summed E-state index contributed by atoms with van der Waals surface area (Å²) in [6, 6.07) is 8.63. The van der Waals surface area contributed by atoms with Crippen molar-refractivity contribution < 1.29 is 14.3 Å². The van der Waals surface area contributed by atoms with Crippen molar-refractivity contribution in [1.29, 1.82) is 0 Å². The molecule has 2 aliphatic rings. The van der Waals surface area contributed by atoms with Gasteiger partial charge in [0.15, 0.2) is 17.4 Å². The van der Waals surface area contributed by atoms with Crippen LogP contribution in [-0.4, -0.2) is 83.7 Å². The number of nitrogens with one attached hydrogen (secondary N) is 3. The van der Waals surface area contributed by atoms with Crippen LogP contribution in [-0.2, 0) is 19.4 Å². The number of anilines is 1. The molecule has 5 heterocycles. The minimum absolute atomic E-state index is 0.175. The first-order valence-corrected chi connectivity index (χ1v) is 15.1. The third-order valence-electron chi connectivity index (χ3n) is 8.58. The highest BCUT2D eigenvalue weighted by molar-refractivity contribution is 5.94. The number of benzene rings is 2. The zero-order valence-corrected chi connectivity index (χ0v) is 24.5. The smallest absolute Gasteiger partial charge is 0.274 e. The highest BCUT2D eigenvalue weighted by atomic mass is 19.1. The molecule has 226 valence electrons. The number of rotatable bonds is 8. The van der Waals surface area contributed by atoms with Crippen LogP contribution in [0.5, 0.6) is 5.75 Å². The summed E-state index contributed by atoms with van der Waals surface area (Å²) >= 11 is 0. The second-order valence-electron chi connectivity index (χ2n) is 11.4. The second-order valence-corrected chi connectivity index (χ2v) is 11.4. The van der Waals surface area contributed by atoms with Gasteiger partial charge >= 0.3 is 0 Å². The number of nitrogens with zero attached hydrogens (tertiary/aromatic N) is 6. The molecule has 0 bridgehead atoms. The number of hydrogen-bond donors (Lipinski definition) is 4. The van der Waals surface area contributed by atoms with Crippen molar-refractivity contribution in [3.8, 4) is 28.4 Å². The van der Waals surface area contributed by atoms with Gasteiger partial charge in [-0.1, -0.05) is 13.0 Å². The number of carbonyl (C=O) groups excluding carboxylic acids is 1. The number of hydrogen-bond acceptors (Lipinski definition) is 8. The predicted molar refractivity (Wildman–Crippen MR) is 165 cm³/mol. The number of imidazole rings is 1.